The minimum Gasteiger partial charge on any atom is -0.423 e. The van der Waals surface area contributed by atoms with Gasteiger partial charge in [-0.2, -0.15) is 4.98 Å². The van der Waals surface area contributed by atoms with Crippen molar-refractivity contribution in [3.8, 4) is 0 Å². The van der Waals surface area contributed by atoms with Crippen molar-refractivity contribution in [3.05, 3.63) is 53.6 Å². The molecule has 32 heavy (non-hydrogen) atoms. The smallest absolute Gasteiger partial charge is 0.298 e. The van der Waals surface area contributed by atoms with Crippen molar-refractivity contribution in [2.75, 3.05) is 42.9 Å². The molecule has 6 nitrogen and oxygen atoms in total. The Morgan fingerprint density at radius 1 is 1.03 bits per heavy atom. The minimum absolute atomic E-state index is 0.228. The molecule has 1 N–H and O–H groups in total. The maximum atomic E-state index is 13.0. The zero-order valence-electron chi connectivity index (χ0n) is 18.5. The molecule has 1 fully saturated rings. The number of rotatable bonds is 6. The molecule has 166 valence electrons. The molecule has 1 unspecified atom stereocenters. The van der Waals surface area contributed by atoms with Crippen LogP contribution in [0.25, 0.3) is 11.1 Å². The summed E-state index contributed by atoms with van der Waals surface area (Å²) < 4.78 is 5.93. The van der Waals surface area contributed by atoms with Gasteiger partial charge in [0.1, 0.15) is 5.52 Å². The monoisotopic (exact) mass is 430 g/mol. The van der Waals surface area contributed by atoms with Gasteiger partial charge in [-0.15, -0.1) is 0 Å². The van der Waals surface area contributed by atoms with E-state index in [1.807, 2.05) is 24.3 Å². The van der Waals surface area contributed by atoms with Gasteiger partial charge in [-0.1, -0.05) is 30.7 Å². The number of anilines is 2. The standard InChI is InChI=1S/C26H30N4O2/c31-24-26(13-6-8-19-7-5-10-21(27-24)23(19)26)12-3-4-14-29-15-17-30(18-16-29)25-28-20-9-1-2-11-22(20)32-25/h1-2,5,7,9-11H,3-4,6,8,12-18H2,(H,27,31). The van der Waals surface area contributed by atoms with Gasteiger partial charge in [-0.05, 0) is 68.0 Å². The summed E-state index contributed by atoms with van der Waals surface area (Å²) in [5.41, 5.74) is 5.24. The summed E-state index contributed by atoms with van der Waals surface area (Å²) in [6.45, 7) is 5.02. The Morgan fingerprint density at radius 2 is 1.91 bits per heavy atom. The molecule has 1 atom stereocenters. The molecular formula is C26H30N4O2. The number of nitrogens with one attached hydrogen (secondary N) is 1. The summed E-state index contributed by atoms with van der Waals surface area (Å²) in [5.74, 6) is 0.228. The molecule has 1 aliphatic carbocycles. The fourth-order valence-corrected chi connectivity index (χ4v) is 5.94. The zero-order chi connectivity index (χ0) is 21.5. The van der Waals surface area contributed by atoms with Gasteiger partial charge in [0.05, 0.1) is 5.41 Å². The molecule has 2 aromatic carbocycles. The van der Waals surface area contributed by atoms with Crippen molar-refractivity contribution >= 4 is 28.7 Å². The van der Waals surface area contributed by atoms with E-state index < -0.39 is 0 Å². The van der Waals surface area contributed by atoms with E-state index in [4.69, 9.17) is 4.42 Å². The number of aromatic nitrogens is 1. The number of carbonyl (C=O) groups excluding carboxylic acids is 1. The Morgan fingerprint density at radius 3 is 2.78 bits per heavy atom. The first-order valence-corrected chi connectivity index (χ1v) is 12.0. The summed E-state index contributed by atoms with van der Waals surface area (Å²) >= 11 is 0. The quantitative estimate of drug-likeness (QED) is 0.589. The lowest BCUT2D eigenvalue weighted by Gasteiger charge is -2.35. The van der Waals surface area contributed by atoms with E-state index in [-0.39, 0.29) is 11.3 Å². The van der Waals surface area contributed by atoms with Gasteiger partial charge < -0.3 is 14.6 Å². The lowest BCUT2D eigenvalue weighted by atomic mass is 9.68. The van der Waals surface area contributed by atoms with Crippen LogP contribution in [0.3, 0.4) is 0 Å². The molecule has 1 aromatic heterocycles. The second kappa shape index (κ2) is 7.93. The highest BCUT2D eigenvalue weighted by molar-refractivity contribution is 6.07. The normalized spacial score (nSPS) is 22.9. The number of benzene rings is 2. The topological polar surface area (TPSA) is 61.6 Å². The van der Waals surface area contributed by atoms with E-state index in [1.54, 1.807) is 0 Å². The third kappa shape index (κ3) is 3.28. The molecule has 1 amide bonds. The number of aryl methyl sites for hydroxylation is 1. The van der Waals surface area contributed by atoms with Crippen molar-refractivity contribution < 1.29 is 9.21 Å². The SMILES string of the molecule is O=C1Nc2cccc3c2C1(CCCCN1CCN(c2nc4ccccc4o2)CC1)CCC3. The first-order chi connectivity index (χ1) is 15.7. The Bertz CT molecular complexity index is 1110. The Kier molecular flexibility index (Phi) is 4.90. The van der Waals surface area contributed by atoms with Crippen LogP contribution in [0.1, 0.15) is 43.2 Å². The predicted molar refractivity (Wildman–Crippen MR) is 126 cm³/mol. The van der Waals surface area contributed by atoms with Gasteiger partial charge in [-0.3, -0.25) is 9.69 Å². The fraction of sp³-hybridized carbons (Fsp3) is 0.462. The number of oxazole rings is 1. The Hall–Kier alpha value is -2.86. The summed E-state index contributed by atoms with van der Waals surface area (Å²) in [4.78, 5) is 22.4. The molecule has 3 aliphatic rings. The van der Waals surface area contributed by atoms with Gasteiger partial charge in [0, 0.05) is 31.9 Å². The van der Waals surface area contributed by atoms with Crippen molar-refractivity contribution in [1.82, 2.24) is 9.88 Å². The van der Waals surface area contributed by atoms with E-state index in [2.05, 4.69) is 38.3 Å². The third-order valence-electron chi connectivity index (χ3n) is 7.62. The summed E-state index contributed by atoms with van der Waals surface area (Å²) in [6, 6.07) is 15.0. The van der Waals surface area contributed by atoms with Crippen molar-refractivity contribution in [3.63, 3.8) is 0 Å². The highest BCUT2D eigenvalue weighted by Gasteiger charge is 2.48. The average Bonchev–Trinajstić information content (AvgIpc) is 3.38. The maximum absolute atomic E-state index is 13.0. The number of hydrogen-bond acceptors (Lipinski definition) is 5. The summed E-state index contributed by atoms with van der Waals surface area (Å²) in [7, 11) is 0. The zero-order valence-corrected chi connectivity index (χ0v) is 18.5. The number of para-hydroxylation sites is 2. The van der Waals surface area contributed by atoms with Gasteiger partial charge in [-0.25, -0.2) is 0 Å². The van der Waals surface area contributed by atoms with Crippen molar-refractivity contribution in [2.45, 2.75) is 43.9 Å². The summed E-state index contributed by atoms with van der Waals surface area (Å²) in [6.07, 6.45) is 6.39. The van der Waals surface area contributed by atoms with E-state index >= 15 is 0 Å². The maximum Gasteiger partial charge on any atom is 0.298 e. The highest BCUT2D eigenvalue weighted by Crippen LogP contribution is 2.49. The Labute approximate surface area is 188 Å². The molecule has 1 saturated heterocycles. The first-order valence-electron chi connectivity index (χ1n) is 12.0. The molecular weight excluding hydrogens is 400 g/mol. The van der Waals surface area contributed by atoms with Crippen LogP contribution in [0.2, 0.25) is 0 Å². The fourth-order valence-electron chi connectivity index (χ4n) is 5.94. The van der Waals surface area contributed by atoms with Gasteiger partial charge in [0.15, 0.2) is 5.58 Å². The van der Waals surface area contributed by atoms with Crippen LogP contribution in [0.15, 0.2) is 46.9 Å². The number of amides is 1. The Balaban J connectivity index is 1.02. The largest absolute Gasteiger partial charge is 0.423 e. The molecule has 0 spiro atoms. The molecule has 0 radical (unpaired) electrons. The predicted octanol–water partition coefficient (Wildman–Crippen LogP) is 4.35. The number of fused-ring (bicyclic) bond motifs is 1. The number of piperazine rings is 1. The second-order valence-corrected chi connectivity index (χ2v) is 9.48. The second-order valence-electron chi connectivity index (χ2n) is 9.48. The number of nitrogens with zero attached hydrogens (tertiary/aromatic N) is 3. The average molecular weight is 431 g/mol. The van der Waals surface area contributed by atoms with Crippen LogP contribution >= 0.6 is 0 Å². The van der Waals surface area contributed by atoms with Crippen LogP contribution in [0, 0.1) is 0 Å². The molecule has 3 heterocycles. The van der Waals surface area contributed by atoms with Gasteiger partial charge >= 0.3 is 0 Å². The number of carbonyl (C=O) groups is 1. The number of unbranched alkanes of at least 4 members (excludes halogenated alkanes) is 1. The summed E-state index contributed by atoms with van der Waals surface area (Å²) in [5, 5.41) is 3.17. The van der Waals surface area contributed by atoms with Crippen LogP contribution in [0.5, 0.6) is 0 Å². The first kappa shape index (κ1) is 19.8. The minimum atomic E-state index is -0.282. The number of hydrogen-bond donors (Lipinski definition) is 1. The molecule has 0 bridgehead atoms. The third-order valence-corrected chi connectivity index (χ3v) is 7.62. The molecule has 2 aliphatic heterocycles. The van der Waals surface area contributed by atoms with E-state index in [1.165, 1.54) is 11.1 Å². The van der Waals surface area contributed by atoms with Gasteiger partial charge in [0.2, 0.25) is 5.91 Å². The van der Waals surface area contributed by atoms with Crippen LogP contribution in [-0.2, 0) is 16.6 Å². The molecule has 6 rings (SSSR count). The van der Waals surface area contributed by atoms with E-state index in [9.17, 15) is 4.79 Å². The molecule has 0 saturated carbocycles. The van der Waals surface area contributed by atoms with Crippen LogP contribution in [0.4, 0.5) is 11.7 Å². The van der Waals surface area contributed by atoms with Crippen LogP contribution in [-0.4, -0.2) is 48.5 Å². The van der Waals surface area contributed by atoms with E-state index in [0.29, 0.717) is 0 Å². The lowest BCUT2D eigenvalue weighted by Crippen LogP contribution is -2.46. The molecule has 3 aromatic rings. The highest BCUT2D eigenvalue weighted by atomic mass is 16.4. The van der Waals surface area contributed by atoms with E-state index in [0.717, 1.165) is 94.1 Å². The van der Waals surface area contributed by atoms with Gasteiger partial charge in [0.25, 0.3) is 6.01 Å². The molecule has 6 heteroatoms. The van der Waals surface area contributed by atoms with Crippen molar-refractivity contribution in [1.29, 1.82) is 0 Å². The van der Waals surface area contributed by atoms with Crippen molar-refractivity contribution in [2.24, 2.45) is 0 Å². The lowest BCUT2D eigenvalue weighted by molar-refractivity contribution is -0.121. The van der Waals surface area contributed by atoms with Crippen LogP contribution < -0.4 is 10.2 Å².